The van der Waals surface area contributed by atoms with E-state index in [0.29, 0.717) is 0 Å². The first-order valence-electron chi connectivity index (χ1n) is 6.84. The van der Waals surface area contributed by atoms with Crippen LogP contribution >= 0.6 is 0 Å². The van der Waals surface area contributed by atoms with E-state index in [0.717, 1.165) is 12.0 Å². The maximum absolute atomic E-state index is 11.6. The molecule has 1 amide bonds. The average molecular weight is 295 g/mol. The SMILES string of the molecule is CCC(C)OCC(NC(=O)OCc1ccccc1)C(=O)O. The number of ether oxygens (including phenoxy) is 2. The van der Waals surface area contributed by atoms with E-state index in [-0.39, 0.29) is 19.3 Å². The number of carboxylic acid groups (broad SMARTS) is 1. The highest BCUT2D eigenvalue weighted by atomic mass is 16.5. The Labute approximate surface area is 124 Å². The number of alkyl carbamates (subject to hydrolysis) is 1. The van der Waals surface area contributed by atoms with Gasteiger partial charge in [0.15, 0.2) is 6.04 Å². The molecule has 1 rings (SSSR count). The molecule has 0 aromatic heterocycles. The highest BCUT2D eigenvalue weighted by molar-refractivity contribution is 5.80. The molecule has 116 valence electrons. The monoisotopic (exact) mass is 295 g/mol. The van der Waals surface area contributed by atoms with Crippen molar-refractivity contribution in [3.05, 3.63) is 35.9 Å². The van der Waals surface area contributed by atoms with Crippen molar-refractivity contribution in [1.82, 2.24) is 5.32 Å². The molecule has 0 saturated carbocycles. The quantitative estimate of drug-likeness (QED) is 0.768. The minimum absolute atomic E-state index is 0.0611. The van der Waals surface area contributed by atoms with Crippen molar-refractivity contribution in [1.29, 1.82) is 0 Å². The van der Waals surface area contributed by atoms with E-state index in [9.17, 15) is 9.59 Å². The third kappa shape index (κ3) is 6.76. The Balaban J connectivity index is 2.40. The molecule has 0 saturated heterocycles. The van der Waals surface area contributed by atoms with Crippen LogP contribution in [0.25, 0.3) is 0 Å². The van der Waals surface area contributed by atoms with Crippen LogP contribution in [0.1, 0.15) is 25.8 Å². The minimum atomic E-state index is -1.16. The largest absolute Gasteiger partial charge is 0.480 e. The first-order chi connectivity index (χ1) is 10.0. The Morgan fingerprint density at radius 3 is 2.52 bits per heavy atom. The molecule has 0 aliphatic rings. The highest BCUT2D eigenvalue weighted by Gasteiger charge is 2.21. The van der Waals surface area contributed by atoms with E-state index < -0.39 is 18.1 Å². The molecule has 1 aromatic carbocycles. The Morgan fingerprint density at radius 1 is 1.29 bits per heavy atom. The van der Waals surface area contributed by atoms with Crippen molar-refractivity contribution in [2.24, 2.45) is 0 Å². The Hall–Kier alpha value is -2.08. The molecular formula is C15H21NO5. The van der Waals surface area contributed by atoms with E-state index in [2.05, 4.69) is 5.32 Å². The van der Waals surface area contributed by atoms with Crippen molar-refractivity contribution in [3.8, 4) is 0 Å². The smallest absolute Gasteiger partial charge is 0.408 e. The molecule has 1 aromatic rings. The predicted molar refractivity (Wildman–Crippen MR) is 76.9 cm³/mol. The van der Waals surface area contributed by atoms with Gasteiger partial charge in [-0.1, -0.05) is 37.3 Å². The van der Waals surface area contributed by atoms with Gasteiger partial charge in [0.2, 0.25) is 0 Å². The van der Waals surface area contributed by atoms with Crippen molar-refractivity contribution >= 4 is 12.1 Å². The van der Waals surface area contributed by atoms with Crippen LogP contribution in [0.2, 0.25) is 0 Å². The zero-order chi connectivity index (χ0) is 15.7. The second kappa shape index (κ2) is 8.97. The molecular weight excluding hydrogens is 274 g/mol. The molecule has 0 radical (unpaired) electrons. The molecule has 2 unspecified atom stereocenters. The van der Waals surface area contributed by atoms with Gasteiger partial charge in [0.25, 0.3) is 0 Å². The van der Waals surface area contributed by atoms with E-state index in [1.165, 1.54) is 0 Å². The van der Waals surface area contributed by atoms with Gasteiger partial charge in [-0.2, -0.15) is 0 Å². The van der Waals surface area contributed by atoms with Gasteiger partial charge >= 0.3 is 12.1 Å². The van der Waals surface area contributed by atoms with Crippen LogP contribution in [0, 0.1) is 0 Å². The van der Waals surface area contributed by atoms with E-state index >= 15 is 0 Å². The number of rotatable bonds is 8. The number of nitrogens with one attached hydrogen (secondary N) is 1. The fourth-order valence-corrected chi connectivity index (χ4v) is 1.46. The van der Waals surface area contributed by atoms with Crippen molar-refractivity contribution in [2.75, 3.05) is 6.61 Å². The van der Waals surface area contributed by atoms with Crippen LogP contribution in [-0.2, 0) is 20.9 Å². The molecule has 0 heterocycles. The summed E-state index contributed by atoms with van der Waals surface area (Å²) in [5.41, 5.74) is 0.829. The third-order valence-corrected chi connectivity index (χ3v) is 2.93. The molecule has 0 aliphatic carbocycles. The van der Waals surface area contributed by atoms with Gasteiger partial charge in [0.1, 0.15) is 6.61 Å². The lowest BCUT2D eigenvalue weighted by Crippen LogP contribution is -2.44. The predicted octanol–water partition coefficient (Wildman–Crippen LogP) is 2.18. The minimum Gasteiger partial charge on any atom is -0.480 e. The van der Waals surface area contributed by atoms with Gasteiger partial charge in [-0.3, -0.25) is 0 Å². The summed E-state index contributed by atoms with van der Waals surface area (Å²) in [7, 11) is 0. The molecule has 6 heteroatoms. The number of benzene rings is 1. The highest BCUT2D eigenvalue weighted by Crippen LogP contribution is 2.02. The number of carboxylic acids is 1. The van der Waals surface area contributed by atoms with E-state index in [4.69, 9.17) is 14.6 Å². The van der Waals surface area contributed by atoms with E-state index in [1.807, 2.05) is 44.2 Å². The van der Waals surface area contributed by atoms with Crippen LogP contribution in [0.3, 0.4) is 0 Å². The maximum atomic E-state index is 11.6. The normalized spacial score (nSPS) is 13.2. The fourth-order valence-electron chi connectivity index (χ4n) is 1.46. The molecule has 6 nitrogen and oxygen atoms in total. The second-order valence-electron chi connectivity index (χ2n) is 4.65. The summed E-state index contributed by atoms with van der Waals surface area (Å²) in [6.07, 6.45) is -0.0712. The molecule has 2 N–H and O–H groups in total. The zero-order valence-corrected chi connectivity index (χ0v) is 12.2. The van der Waals surface area contributed by atoms with Crippen LogP contribution < -0.4 is 5.32 Å². The lowest BCUT2D eigenvalue weighted by molar-refractivity contribution is -0.141. The summed E-state index contributed by atoms with van der Waals surface area (Å²) >= 11 is 0. The fraction of sp³-hybridized carbons (Fsp3) is 0.467. The van der Waals surface area contributed by atoms with Crippen LogP contribution in [-0.4, -0.2) is 35.9 Å². The Morgan fingerprint density at radius 2 is 1.95 bits per heavy atom. The summed E-state index contributed by atoms with van der Waals surface area (Å²) in [4.78, 5) is 22.7. The van der Waals surface area contributed by atoms with Crippen molar-refractivity contribution in [3.63, 3.8) is 0 Å². The molecule has 0 spiro atoms. The first kappa shape index (κ1) is 17.0. The number of carbonyl (C=O) groups excluding carboxylic acids is 1. The number of hydrogen-bond acceptors (Lipinski definition) is 4. The summed E-state index contributed by atoms with van der Waals surface area (Å²) in [5, 5.41) is 11.3. The van der Waals surface area contributed by atoms with Gasteiger partial charge in [-0.05, 0) is 18.9 Å². The maximum Gasteiger partial charge on any atom is 0.408 e. The molecule has 0 aliphatic heterocycles. The van der Waals surface area contributed by atoms with E-state index in [1.54, 1.807) is 0 Å². The number of amides is 1. The Kier molecular flexibility index (Phi) is 7.25. The number of hydrogen-bond donors (Lipinski definition) is 2. The van der Waals surface area contributed by atoms with Gasteiger partial charge < -0.3 is 19.9 Å². The molecule has 0 fully saturated rings. The van der Waals surface area contributed by atoms with Gasteiger partial charge in [0, 0.05) is 0 Å². The van der Waals surface area contributed by atoms with Crippen molar-refractivity contribution in [2.45, 2.75) is 39.0 Å². The third-order valence-electron chi connectivity index (χ3n) is 2.93. The van der Waals surface area contributed by atoms with Crippen molar-refractivity contribution < 1.29 is 24.2 Å². The van der Waals surface area contributed by atoms with Gasteiger partial charge in [0.05, 0.1) is 12.7 Å². The lowest BCUT2D eigenvalue weighted by Gasteiger charge is -2.17. The zero-order valence-electron chi connectivity index (χ0n) is 12.2. The number of aliphatic carboxylic acids is 1. The van der Waals surface area contributed by atoms with Crippen LogP contribution in [0.15, 0.2) is 30.3 Å². The standard InChI is InChI=1S/C15H21NO5/c1-3-11(2)20-10-13(14(17)18)16-15(19)21-9-12-7-5-4-6-8-12/h4-8,11,13H,3,9-10H2,1-2H3,(H,16,19)(H,17,18). The summed E-state index contributed by atoms with van der Waals surface area (Å²) in [6.45, 7) is 3.77. The van der Waals surface area contributed by atoms with Crippen LogP contribution in [0.4, 0.5) is 4.79 Å². The topological polar surface area (TPSA) is 84.9 Å². The van der Waals surface area contributed by atoms with Crippen LogP contribution in [0.5, 0.6) is 0 Å². The summed E-state index contributed by atoms with van der Waals surface area (Å²) < 4.78 is 10.3. The number of carbonyl (C=O) groups is 2. The summed E-state index contributed by atoms with van der Waals surface area (Å²) in [6, 6.07) is 8.02. The molecule has 0 bridgehead atoms. The second-order valence-corrected chi connectivity index (χ2v) is 4.65. The van der Waals surface area contributed by atoms with Gasteiger partial charge in [-0.15, -0.1) is 0 Å². The first-order valence-corrected chi connectivity index (χ1v) is 6.84. The Bertz CT molecular complexity index is 449. The van der Waals surface area contributed by atoms with Gasteiger partial charge in [-0.25, -0.2) is 9.59 Å². The molecule has 2 atom stereocenters. The summed E-state index contributed by atoms with van der Waals surface area (Å²) in [5.74, 6) is -1.16. The average Bonchev–Trinajstić information content (AvgIpc) is 2.49. The molecule has 21 heavy (non-hydrogen) atoms. The lowest BCUT2D eigenvalue weighted by atomic mass is 10.2.